The molecule has 2 aromatic rings. The Morgan fingerprint density at radius 1 is 1.40 bits per heavy atom. The highest BCUT2D eigenvalue weighted by Gasteiger charge is 2.21. The molecular formula is C15H25N5. The molecule has 2 heterocycles. The van der Waals surface area contributed by atoms with E-state index in [0.29, 0.717) is 12.6 Å². The lowest BCUT2D eigenvalue weighted by Crippen LogP contribution is -2.31. The van der Waals surface area contributed by atoms with E-state index in [2.05, 4.69) is 55.8 Å². The molecule has 1 unspecified atom stereocenters. The Morgan fingerprint density at radius 3 is 2.70 bits per heavy atom. The van der Waals surface area contributed by atoms with Crippen molar-refractivity contribution in [1.82, 2.24) is 14.6 Å². The Morgan fingerprint density at radius 2 is 2.10 bits per heavy atom. The van der Waals surface area contributed by atoms with Crippen LogP contribution in [0, 0.1) is 0 Å². The summed E-state index contributed by atoms with van der Waals surface area (Å²) in [4.78, 5) is 6.71. The molecule has 2 N–H and O–H groups in total. The predicted octanol–water partition coefficient (Wildman–Crippen LogP) is 2.20. The van der Waals surface area contributed by atoms with E-state index in [4.69, 9.17) is 5.73 Å². The van der Waals surface area contributed by atoms with Crippen molar-refractivity contribution < 1.29 is 0 Å². The zero-order valence-corrected chi connectivity index (χ0v) is 13.1. The summed E-state index contributed by atoms with van der Waals surface area (Å²) in [5, 5.41) is 4.66. The van der Waals surface area contributed by atoms with Gasteiger partial charge in [-0.15, -0.1) is 0 Å². The van der Waals surface area contributed by atoms with Crippen molar-refractivity contribution >= 4 is 11.3 Å². The molecule has 1 atom stereocenters. The van der Waals surface area contributed by atoms with Crippen molar-refractivity contribution in [2.75, 3.05) is 18.5 Å². The maximum atomic E-state index is 5.65. The molecular weight excluding hydrogens is 250 g/mol. The second kappa shape index (κ2) is 5.40. The topological polar surface area (TPSA) is 59.5 Å². The zero-order chi connectivity index (χ0) is 14.9. The van der Waals surface area contributed by atoms with Crippen LogP contribution in [0.4, 0.5) is 5.82 Å². The largest absolute Gasteiger partial charge is 0.355 e. The van der Waals surface area contributed by atoms with E-state index in [9.17, 15) is 0 Å². The van der Waals surface area contributed by atoms with E-state index in [-0.39, 0.29) is 5.41 Å². The molecule has 0 bridgehead atoms. The Balaban J connectivity index is 2.46. The second-order valence-electron chi connectivity index (χ2n) is 6.40. The van der Waals surface area contributed by atoms with Crippen molar-refractivity contribution in [1.29, 1.82) is 0 Å². The lowest BCUT2D eigenvalue weighted by Gasteiger charge is -2.25. The molecule has 0 radical (unpaired) electrons. The Labute approximate surface area is 120 Å². The fourth-order valence-electron chi connectivity index (χ4n) is 2.19. The number of aromatic nitrogens is 3. The van der Waals surface area contributed by atoms with Crippen molar-refractivity contribution in [3.8, 4) is 0 Å². The van der Waals surface area contributed by atoms with E-state index in [1.165, 1.54) is 0 Å². The van der Waals surface area contributed by atoms with Crippen molar-refractivity contribution in [2.45, 2.75) is 45.6 Å². The number of anilines is 1. The molecule has 0 aliphatic heterocycles. The first kappa shape index (κ1) is 14.8. The van der Waals surface area contributed by atoms with Gasteiger partial charge in [-0.25, -0.2) is 9.50 Å². The van der Waals surface area contributed by atoms with E-state index >= 15 is 0 Å². The molecule has 0 aliphatic carbocycles. The molecule has 0 amide bonds. The number of nitrogens with two attached hydrogens (primary N) is 1. The third-order valence-electron chi connectivity index (χ3n) is 3.72. The van der Waals surface area contributed by atoms with Crippen LogP contribution in [0.1, 0.15) is 39.8 Å². The van der Waals surface area contributed by atoms with E-state index in [0.717, 1.165) is 23.4 Å². The highest BCUT2D eigenvalue weighted by atomic mass is 15.3. The Kier molecular flexibility index (Phi) is 3.99. The van der Waals surface area contributed by atoms with Crippen molar-refractivity contribution in [2.24, 2.45) is 5.73 Å². The Bertz CT molecular complexity index is 581. The van der Waals surface area contributed by atoms with Gasteiger partial charge < -0.3 is 10.6 Å². The van der Waals surface area contributed by atoms with Gasteiger partial charge in [0.25, 0.3) is 0 Å². The van der Waals surface area contributed by atoms with Gasteiger partial charge >= 0.3 is 0 Å². The van der Waals surface area contributed by atoms with Crippen LogP contribution in [0.3, 0.4) is 0 Å². The van der Waals surface area contributed by atoms with Gasteiger partial charge in [-0.05, 0) is 26.0 Å². The first-order valence-corrected chi connectivity index (χ1v) is 7.12. The van der Waals surface area contributed by atoms with Gasteiger partial charge in [0.1, 0.15) is 5.52 Å². The maximum Gasteiger partial charge on any atom is 0.154 e. The molecule has 0 aliphatic rings. The lowest BCUT2D eigenvalue weighted by molar-refractivity contribution is 0.562. The number of rotatable bonds is 4. The highest BCUT2D eigenvalue weighted by molar-refractivity contribution is 5.69. The minimum atomic E-state index is 0.0325. The average Bonchev–Trinajstić information content (AvgIpc) is 2.81. The van der Waals surface area contributed by atoms with E-state index in [1.807, 2.05) is 10.7 Å². The molecule has 5 heteroatoms. The van der Waals surface area contributed by atoms with Gasteiger partial charge in [0, 0.05) is 30.9 Å². The summed E-state index contributed by atoms with van der Waals surface area (Å²) in [6.07, 6.45) is 4.64. The molecule has 0 saturated heterocycles. The molecule has 0 spiro atoms. The fourth-order valence-corrected chi connectivity index (χ4v) is 2.19. The van der Waals surface area contributed by atoms with Crippen LogP contribution < -0.4 is 10.6 Å². The van der Waals surface area contributed by atoms with E-state index in [1.54, 1.807) is 6.20 Å². The lowest BCUT2D eigenvalue weighted by atomic mass is 9.92. The summed E-state index contributed by atoms with van der Waals surface area (Å²) in [7, 11) is 2.06. The van der Waals surface area contributed by atoms with Crippen LogP contribution >= 0.6 is 0 Å². The van der Waals surface area contributed by atoms with Crippen LogP contribution in [0.2, 0.25) is 0 Å². The van der Waals surface area contributed by atoms with Gasteiger partial charge in [0.15, 0.2) is 5.82 Å². The first-order chi connectivity index (χ1) is 9.34. The van der Waals surface area contributed by atoms with Crippen molar-refractivity contribution in [3.63, 3.8) is 0 Å². The van der Waals surface area contributed by atoms with Gasteiger partial charge in [-0.1, -0.05) is 20.8 Å². The summed E-state index contributed by atoms with van der Waals surface area (Å²) in [5.41, 5.74) is 7.81. The first-order valence-electron chi connectivity index (χ1n) is 7.12. The number of fused-ring (bicyclic) bond motifs is 1. The van der Waals surface area contributed by atoms with Crippen LogP contribution in [0.5, 0.6) is 0 Å². The van der Waals surface area contributed by atoms with Gasteiger partial charge in [0.05, 0.1) is 5.69 Å². The van der Waals surface area contributed by atoms with Gasteiger partial charge in [-0.2, -0.15) is 5.10 Å². The molecule has 110 valence electrons. The van der Waals surface area contributed by atoms with Crippen LogP contribution in [0.15, 0.2) is 18.5 Å². The zero-order valence-electron chi connectivity index (χ0n) is 13.1. The van der Waals surface area contributed by atoms with Gasteiger partial charge in [0.2, 0.25) is 0 Å². The fraction of sp³-hybridized carbons (Fsp3) is 0.600. The molecule has 2 rings (SSSR count). The summed E-state index contributed by atoms with van der Waals surface area (Å²) < 4.78 is 1.91. The van der Waals surface area contributed by atoms with Gasteiger partial charge in [-0.3, -0.25) is 0 Å². The standard InChI is InChI=1S/C15H25N5/c1-11(6-7-16)19(5)14-12-10-13(15(2,3)4)18-20(12)9-8-17-14/h8-11H,6-7,16H2,1-5H3. The highest BCUT2D eigenvalue weighted by Crippen LogP contribution is 2.26. The molecule has 0 aromatic carbocycles. The average molecular weight is 275 g/mol. The van der Waals surface area contributed by atoms with Crippen LogP contribution in [-0.2, 0) is 5.41 Å². The molecule has 20 heavy (non-hydrogen) atoms. The summed E-state index contributed by atoms with van der Waals surface area (Å²) in [6, 6.07) is 2.49. The molecule has 2 aromatic heterocycles. The maximum absolute atomic E-state index is 5.65. The number of nitrogens with zero attached hydrogens (tertiary/aromatic N) is 4. The van der Waals surface area contributed by atoms with E-state index < -0.39 is 0 Å². The third-order valence-corrected chi connectivity index (χ3v) is 3.72. The van der Waals surface area contributed by atoms with Crippen molar-refractivity contribution in [3.05, 3.63) is 24.2 Å². The third kappa shape index (κ3) is 2.77. The monoisotopic (exact) mass is 275 g/mol. The second-order valence-corrected chi connectivity index (χ2v) is 6.40. The summed E-state index contributed by atoms with van der Waals surface area (Å²) >= 11 is 0. The quantitative estimate of drug-likeness (QED) is 0.929. The summed E-state index contributed by atoms with van der Waals surface area (Å²) in [6.45, 7) is 9.36. The summed E-state index contributed by atoms with van der Waals surface area (Å²) in [5.74, 6) is 0.955. The molecule has 0 fully saturated rings. The SMILES string of the molecule is CC(CCN)N(C)c1nccn2nc(C(C)(C)C)cc12. The predicted molar refractivity (Wildman–Crippen MR) is 83.2 cm³/mol. The smallest absolute Gasteiger partial charge is 0.154 e. The minimum absolute atomic E-state index is 0.0325. The van der Waals surface area contributed by atoms with Crippen LogP contribution in [-0.4, -0.2) is 34.2 Å². The molecule has 0 saturated carbocycles. The minimum Gasteiger partial charge on any atom is -0.355 e. The number of hydrogen-bond acceptors (Lipinski definition) is 4. The normalized spacial score (nSPS) is 13.7. The number of hydrogen-bond donors (Lipinski definition) is 1. The van der Waals surface area contributed by atoms with Crippen LogP contribution in [0.25, 0.3) is 5.52 Å². The Hall–Kier alpha value is -1.62. The molecule has 5 nitrogen and oxygen atoms in total.